The number of fused-ring (bicyclic) bond motifs is 4. The van der Waals surface area contributed by atoms with Crippen LogP contribution in [0.5, 0.6) is 0 Å². The zero-order chi connectivity index (χ0) is 34.9. The number of hydrogen-bond donors (Lipinski definition) is 4. The molecule has 3 aliphatic heterocycles. The highest BCUT2D eigenvalue weighted by Gasteiger charge is 2.53. The molecule has 18 nitrogen and oxygen atoms in total. The van der Waals surface area contributed by atoms with Gasteiger partial charge < -0.3 is 33.7 Å². The number of alkyl halides is 1. The zero-order valence-electron chi connectivity index (χ0n) is 26.0. The highest BCUT2D eigenvalue weighted by Crippen LogP contribution is 2.58. The average molecular weight is 776 g/mol. The summed E-state index contributed by atoms with van der Waals surface area (Å²) in [6.45, 7) is -10.2. The SMILES string of the molecule is O=c1c2ncn([C@@H]3O[C@@H]4COP(O)(=S)O[C@H]5[C@@H](O)[C@H](n6cc7c8c(ncnc86)CCCC7)O[C@@H]5COP(=O)(S)O[C@@H]3[C@@H]4F)c2ncn1CCO. The van der Waals surface area contributed by atoms with Crippen molar-refractivity contribution in [2.75, 3.05) is 19.8 Å². The predicted octanol–water partition coefficient (Wildman–Crippen LogP) is 1.47. The van der Waals surface area contributed by atoms with Crippen molar-refractivity contribution in [1.29, 1.82) is 0 Å². The lowest BCUT2D eigenvalue weighted by Gasteiger charge is -2.27. The third kappa shape index (κ3) is 6.19. The van der Waals surface area contributed by atoms with Gasteiger partial charge in [-0.1, -0.05) is 12.2 Å². The summed E-state index contributed by atoms with van der Waals surface area (Å²) >= 11 is 9.39. The first-order chi connectivity index (χ1) is 23.9. The second kappa shape index (κ2) is 13.3. The summed E-state index contributed by atoms with van der Waals surface area (Å²) < 4.78 is 68.5. The molecule has 4 aliphatic rings. The lowest BCUT2D eigenvalue weighted by molar-refractivity contribution is -0.0583. The molecule has 23 heteroatoms. The molecule has 0 radical (unpaired) electrons. The monoisotopic (exact) mass is 775 g/mol. The van der Waals surface area contributed by atoms with Crippen molar-refractivity contribution in [2.45, 2.75) is 81.4 Å². The highest BCUT2D eigenvalue weighted by atomic mass is 32.7. The van der Waals surface area contributed by atoms with Gasteiger partial charge in [0.15, 0.2) is 29.8 Å². The summed E-state index contributed by atoms with van der Waals surface area (Å²) in [5, 5.41) is 21.7. The lowest BCUT2D eigenvalue weighted by atomic mass is 10.1. The van der Waals surface area contributed by atoms with Crippen molar-refractivity contribution < 1.29 is 51.6 Å². The van der Waals surface area contributed by atoms with E-state index in [4.69, 9.17) is 39.4 Å². The van der Waals surface area contributed by atoms with Gasteiger partial charge in [-0.2, -0.15) is 0 Å². The van der Waals surface area contributed by atoms with Gasteiger partial charge in [0, 0.05) is 11.6 Å². The average Bonchev–Trinajstić information content (AvgIpc) is 3.78. The molecule has 50 heavy (non-hydrogen) atoms. The van der Waals surface area contributed by atoms with Crippen molar-refractivity contribution in [3.05, 3.63) is 46.8 Å². The molecule has 0 saturated carbocycles. The van der Waals surface area contributed by atoms with Crippen molar-refractivity contribution in [3.63, 3.8) is 0 Å². The molecule has 10 atom stereocenters. The number of aliphatic hydroxyl groups excluding tert-OH is 2. The first-order valence-electron chi connectivity index (χ1n) is 15.8. The Morgan fingerprint density at radius 1 is 0.980 bits per heavy atom. The van der Waals surface area contributed by atoms with E-state index in [0.717, 1.165) is 46.9 Å². The van der Waals surface area contributed by atoms with Gasteiger partial charge in [0.05, 0.1) is 38.4 Å². The van der Waals surface area contributed by atoms with Crippen LogP contribution in [0.4, 0.5) is 4.39 Å². The summed E-state index contributed by atoms with van der Waals surface area (Å²) in [6.07, 6.45) is -2.56. The van der Waals surface area contributed by atoms with E-state index < -0.39 is 81.4 Å². The number of aryl methyl sites for hydroxylation is 2. The van der Waals surface area contributed by atoms with Gasteiger partial charge in [-0.15, -0.1) is 0 Å². The maximum Gasteiger partial charge on any atom is 0.386 e. The zero-order valence-corrected chi connectivity index (χ0v) is 29.5. The number of imidazole rings is 1. The van der Waals surface area contributed by atoms with Gasteiger partial charge in [0.25, 0.3) is 5.56 Å². The van der Waals surface area contributed by atoms with E-state index in [1.54, 1.807) is 4.57 Å². The highest BCUT2D eigenvalue weighted by molar-refractivity contribution is 8.44. The summed E-state index contributed by atoms with van der Waals surface area (Å²) in [4.78, 5) is 41.3. The molecule has 0 amide bonds. The fourth-order valence-corrected chi connectivity index (χ4v) is 9.79. The maximum absolute atomic E-state index is 16.0. The summed E-state index contributed by atoms with van der Waals surface area (Å²) in [6, 6.07) is 0. The first-order valence-corrected chi connectivity index (χ1v) is 21.0. The molecule has 0 aromatic carbocycles. The van der Waals surface area contributed by atoms with Crippen LogP contribution in [0, 0.1) is 0 Å². The molecule has 1 aliphatic carbocycles. The molecule has 7 heterocycles. The molecular formula is C27H32FN7O11P2S2. The van der Waals surface area contributed by atoms with Crippen LogP contribution >= 0.6 is 25.8 Å². The molecule has 8 rings (SSSR count). The minimum atomic E-state index is -4.44. The quantitative estimate of drug-likeness (QED) is 0.171. The van der Waals surface area contributed by atoms with E-state index in [1.807, 2.05) is 6.20 Å². The van der Waals surface area contributed by atoms with E-state index in [9.17, 15) is 24.5 Å². The molecule has 3 N–H and O–H groups in total. The third-order valence-electron chi connectivity index (χ3n) is 9.20. The number of nitrogens with zero attached hydrogens (tertiary/aromatic N) is 7. The Morgan fingerprint density at radius 3 is 2.58 bits per heavy atom. The minimum absolute atomic E-state index is 0.00510. The normalized spacial score (nSPS) is 36.5. The van der Waals surface area contributed by atoms with E-state index in [0.29, 0.717) is 5.65 Å². The van der Waals surface area contributed by atoms with E-state index in [2.05, 4.69) is 32.2 Å². The molecular weight excluding hydrogens is 743 g/mol. The fraction of sp³-hybridized carbons (Fsp3) is 0.593. The molecule has 4 aromatic rings. The second-order valence-electron chi connectivity index (χ2n) is 12.3. The van der Waals surface area contributed by atoms with Crippen LogP contribution in [0.3, 0.4) is 0 Å². The number of aliphatic hydroxyl groups is 2. The third-order valence-corrected chi connectivity index (χ3v) is 12.4. The Balaban J connectivity index is 1.10. The molecule has 2 bridgehead atoms. The van der Waals surface area contributed by atoms with Crippen LogP contribution in [0.25, 0.3) is 22.2 Å². The van der Waals surface area contributed by atoms with Crippen LogP contribution in [0.1, 0.15) is 36.6 Å². The van der Waals surface area contributed by atoms with Crippen LogP contribution in [0.15, 0.2) is 30.0 Å². The number of hydrogen-bond acceptors (Lipinski definition) is 15. The Bertz CT molecular complexity index is 2100. The van der Waals surface area contributed by atoms with Gasteiger partial charge in [-0.05, 0) is 43.1 Å². The smallest absolute Gasteiger partial charge is 0.386 e. The minimum Gasteiger partial charge on any atom is -0.395 e. The number of ether oxygens (including phenoxy) is 2. The Hall–Kier alpha value is -2.23. The number of aromatic nitrogens is 7. The van der Waals surface area contributed by atoms with Gasteiger partial charge in [-0.3, -0.25) is 27.5 Å². The van der Waals surface area contributed by atoms with Crippen LogP contribution < -0.4 is 5.56 Å². The van der Waals surface area contributed by atoms with Gasteiger partial charge in [0.2, 0.25) is 0 Å². The summed E-state index contributed by atoms with van der Waals surface area (Å²) in [5.41, 5.74) is 1.76. The van der Waals surface area contributed by atoms with E-state index in [-0.39, 0.29) is 24.3 Å². The predicted molar refractivity (Wildman–Crippen MR) is 177 cm³/mol. The van der Waals surface area contributed by atoms with Gasteiger partial charge in [-0.25, -0.2) is 28.9 Å². The Kier molecular flexibility index (Phi) is 9.28. The van der Waals surface area contributed by atoms with Crippen LogP contribution in [-0.4, -0.2) is 105 Å². The maximum atomic E-state index is 16.0. The van der Waals surface area contributed by atoms with Crippen LogP contribution in [-0.2, 0) is 63.3 Å². The second-order valence-corrected chi connectivity index (χ2v) is 18.0. The topological polar surface area (TPSA) is 217 Å². The largest absolute Gasteiger partial charge is 0.395 e. The molecule has 0 spiro atoms. The first kappa shape index (κ1) is 34.8. The van der Waals surface area contributed by atoms with Crippen LogP contribution in [0.2, 0.25) is 0 Å². The Morgan fingerprint density at radius 2 is 1.76 bits per heavy atom. The van der Waals surface area contributed by atoms with Crippen molar-refractivity contribution in [2.24, 2.45) is 0 Å². The number of rotatable bonds is 4. The lowest BCUT2D eigenvalue weighted by Crippen LogP contribution is -2.36. The molecule has 270 valence electrons. The van der Waals surface area contributed by atoms with E-state index in [1.165, 1.54) is 23.5 Å². The Labute approximate surface area is 292 Å². The molecule has 2 unspecified atom stereocenters. The summed E-state index contributed by atoms with van der Waals surface area (Å²) in [7, 11) is 0. The number of thiol groups is 1. The molecule has 3 saturated heterocycles. The summed E-state index contributed by atoms with van der Waals surface area (Å²) in [5.74, 6) is 0. The standard InChI is InChI=1S/C27H32FN7O11P2S2/c28-18-15-8-41-47(39,49)45-21-16(44-26(20(21)37)34-7-13-3-1-2-4-14-17(13)23(34)30-10-29-14)9-42-48(40,50)46-22(18)27(43-15)35-12-31-19-24(35)32-11-33(5-6-36)25(19)38/h7,10-12,15-16,18,20-22,26-27,36-37H,1-6,8-9H2,(H,39,49)(H,40,50)/t15-,16-,18-,20-,21-,22-,26-,27-,47?,48?/m1/s1. The van der Waals surface area contributed by atoms with Crippen molar-refractivity contribution >= 4 is 59.8 Å². The van der Waals surface area contributed by atoms with Crippen molar-refractivity contribution in [1.82, 2.24) is 33.6 Å². The van der Waals surface area contributed by atoms with E-state index >= 15 is 4.39 Å². The number of halogens is 1. The van der Waals surface area contributed by atoms with Crippen molar-refractivity contribution in [3.8, 4) is 0 Å². The fourth-order valence-electron chi connectivity index (χ4n) is 6.89. The molecule has 4 aromatic heterocycles. The molecule has 3 fully saturated rings. The van der Waals surface area contributed by atoms with Gasteiger partial charge in [0.1, 0.15) is 48.8 Å². The van der Waals surface area contributed by atoms with Gasteiger partial charge >= 0.3 is 13.5 Å².